The number of amides is 1. The van der Waals surface area contributed by atoms with Gasteiger partial charge in [0, 0.05) is 24.5 Å². The number of alkyl carbamates (subject to hydrolysis) is 1. The number of aromatic amines is 1. The van der Waals surface area contributed by atoms with Crippen molar-refractivity contribution in [2.24, 2.45) is 5.92 Å². The Labute approximate surface area is 274 Å². The highest BCUT2D eigenvalue weighted by Gasteiger charge is 2.37. The van der Waals surface area contributed by atoms with Crippen molar-refractivity contribution in [3.63, 3.8) is 0 Å². The highest BCUT2D eigenvalue weighted by atomic mass is 16.6. The smallest absolute Gasteiger partial charge is 0.408 e. The van der Waals surface area contributed by atoms with Gasteiger partial charge in [-0.3, -0.25) is 9.69 Å². The van der Waals surface area contributed by atoms with Gasteiger partial charge >= 0.3 is 6.09 Å². The Morgan fingerprint density at radius 3 is 2.55 bits per heavy atom. The van der Waals surface area contributed by atoms with Gasteiger partial charge in [0.1, 0.15) is 17.6 Å². The average Bonchev–Trinajstić information content (AvgIpc) is 3.09. The molecule has 1 amide bonds. The highest BCUT2D eigenvalue weighted by molar-refractivity contribution is 5.87. The van der Waals surface area contributed by atoms with Gasteiger partial charge in [0.05, 0.1) is 24.3 Å². The van der Waals surface area contributed by atoms with Gasteiger partial charge in [-0.25, -0.2) is 4.79 Å². The molecule has 2 bridgehead atoms. The normalized spacial score (nSPS) is 20.1. The van der Waals surface area contributed by atoms with E-state index in [-0.39, 0.29) is 23.5 Å². The van der Waals surface area contributed by atoms with Gasteiger partial charge in [0.2, 0.25) is 5.56 Å². The zero-order valence-corrected chi connectivity index (χ0v) is 26.6. The number of piperidine rings is 3. The van der Waals surface area contributed by atoms with Crippen molar-refractivity contribution in [2.75, 3.05) is 39.3 Å². The Balaban J connectivity index is 0.953. The Morgan fingerprint density at radius 1 is 0.957 bits per heavy atom. The number of pyridine rings is 1. The van der Waals surface area contributed by atoms with Gasteiger partial charge in [-0.2, -0.15) is 0 Å². The van der Waals surface area contributed by atoms with Crippen LogP contribution < -0.4 is 20.9 Å². The number of nitrogens with one attached hydrogen (secondary N) is 3. The molecule has 248 valence electrons. The summed E-state index contributed by atoms with van der Waals surface area (Å²) in [6.07, 6.45) is 3.68. The second-order valence-electron chi connectivity index (χ2n) is 12.6. The van der Waals surface area contributed by atoms with Crippen LogP contribution in [0.4, 0.5) is 4.79 Å². The summed E-state index contributed by atoms with van der Waals surface area (Å²) in [5.74, 6) is 1.17. The first kappa shape index (κ1) is 32.6. The first-order valence-electron chi connectivity index (χ1n) is 16.7. The molecule has 47 heavy (non-hydrogen) atoms. The molecule has 4 heterocycles. The Morgan fingerprint density at radius 2 is 1.77 bits per heavy atom. The molecule has 7 rings (SSSR count). The first-order valence-corrected chi connectivity index (χ1v) is 16.7. The second kappa shape index (κ2) is 15.5. The predicted octanol–water partition coefficient (Wildman–Crippen LogP) is 5.02. The topological polar surface area (TPSA) is 136 Å². The van der Waals surface area contributed by atoms with Crippen LogP contribution in [0.1, 0.15) is 60.9 Å². The fourth-order valence-corrected chi connectivity index (χ4v) is 6.74. The summed E-state index contributed by atoms with van der Waals surface area (Å²) < 4.78 is 12.0. The SMILES string of the molecule is O=C(NC(c1ccccc1)c1cccc(OCCCCCNC[C@H](O)c2ccc(O)c3[nH]c(=O)ccc23)c1)O[C@H]1CN2CCC1CC2. The minimum Gasteiger partial charge on any atom is -0.506 e. The molecular weight excluding hydrogens is 596 g/mol. The number of aliphatic hydroxyl groups excluding tert-OH is 1. The molecule has 10 nitrogen and oxygen atoms in total. The number of phenols is 1. The lowest BCUT2D eigenvalue weighted by molar-refractivity contribution is -0.0336. The van der Waals surface area contributed by atoms with Crippen LogP contribution in [0.2, 0.25) is 0 Å². The molecule has 0 spiro atoms. The van der Waals surface area contributed by atoms with Crippen molar-refractivity contribution in [3.8, 4) is 11.5 Å². The molecule has 1 unspecified atom stereocenters. The van der Waals surface area contributed by atoms with Crippen molar-refractivity contribution in [1.82, 2.24) is 20.5 Å². The summed E-state index contributed by atoms with van der Waals surface area (Å²) >= 11 is 0. The standard InChI is InChI=1S/C37H44N4O6/c42-31-14-12-29(30-13-15-34(44)39-36(30)31)32(43)23-38-18-5-2-6-21-46-28-11-7-10-27(22-28)35(26-8-3-1-4-9-26)40-37(45)47-33-24-41-19-16-25(33)17-20-41/h1,3-4,7-15,22,25,32-33,35,38,42-43H,2,5-6,16-21,23-24H2,(H,39,44)(H,40,45)/t32-,33-,35?/m0/s1. The van der Waals surface area contributed by atoms with Crippen molar-refractivity contribution >= 4 is 17.0 Å². The summed E-state index contributed by atoms with van der Waals surface area (Å²) in [6.45, 7) is 4.66. The molecule has 3 aliphatic heterocycles. The first-order chi connectivity index (χ1) is 22.9. The van der Waals surface area contributed by atoms with Gasteiger partial charge in [0.25, 0.3) is 0 Å². The molecule has 3 atom stereocenters. The zero-order valence-electron chi connectivity index (χ0n) is 26.6. The summed E-state index contributed by atoms with van der Waals surface area (Å²) in [5.41, 5.74) is 2.57. The van der Waals surface area contributed by atoms with E-state index >= 15 is 0 Å². The largest absolute Gasteiger partial charge is 0.506 e. The van der Waals surface area contributed by atoms with Crippen molar-refractivity contribution in [1.29, 1.82) is 0 Å². The molecule has 0 saturated carbocycles. The minimum atomic E-state index is -0.781. The molecule has 10 heteroatoms. The van der Waals surface area contributed by atoms with E-state index in [0.29, 0.717) is 35.5 Å². The molecule has 5 N–H and O–H groups in total. The number of H-pyrrole nitrogens is 1. The van der Waals surface area contributed by atoms with E-state index < -0.39 is 12.2 Å². The van der Waals surface area contributed by atoms with Crippen LogP contribution in [0.25, 0.3) is 10.9 Å². The van der Waals surface area contributed by atoms with E-state index in [1.807, 2.05) is 54.6 Å². The lowest BCUT2D eigenvalue weighted by Gasteiger charge is -2.43. The quantitative estimate of drug-likeness (QED) is 0.121. The summed E-state index contributed by atoms with van der Waals surface area (Å²) in [5, 5.41) is 27.9. The van der Waals surface area contributed by atoms with Crippen LogP contribution in [0, 0.1) is 5.92 Å². The van der Waals surface area contributed by atoms with E-state index in [1.54, 1.807) is 12.1 Å². The number of nitrogens with zero attached hydrogens (tertiary/aromatic N) is 1. The molecule has 0 radical (unpaired) electrons. The number of aromatic hydroxyl groups is 1. The highest BCUT2D eigenvalue weighted by Crippen LogP contribution is 2.31. The number of aromatic nitrogens is 1. The van der Waals surface area contributed by atoms with E-state index in [2.05, 4.69) is 20.5 Å². The molecular formula is C37H44N4O6. The number of carbonyl (C=O) groups excluding carboxylic acids is 1. The molecule has 3 aliphatic rings. The summed E-state index contributed by atoms with van der Waals surface area (Å²) in [7, 11) is 0. The number of aliphatic hydroxyl groups is 1. The zero-order chi connectivity index (χ0) is 32.6. The van der Waals surface area contributed by atoms with Gasteiger partial charge < -0.3 is 35.3 Å². The minimum absolute atomic E-state index is 0.0252. The number of hydrogen-bond donors (Lipinski definition) is 5. The average molecular weight is 641 g/mol. The van der Waals surface area contributed by atoms with E-state index in [1.165, 1.54) is 12.1 Å². The van der Waals surface area contributed by atoms with Crippen LogP contribution in [0.15, 0.2) is 83.7 Å². The number of phenolic OH excluding ortho intramolecular Hbond substituents is 1. The number of unbranched alkanes of at least 4 members (excludes halogenated alkanes) is 2. The number of fused-ring (bicyclic) bond motifs is 4. The molecule has 3 fully saturated rings. The maximum atomic E-state index is 13.1. The van der Waals surface area contributed by atoms with Gasteiger partial charge in [-0.1, -0.05) is 48.5 Å². The summed E-state index contributed by atoms with van der Waals surface area (Å²) in [4.78, 5) is 29.8. The maximum Gasteiger partial charge on any atom is 0.408 e. The number of carbonyl (C=O) groups is 1. The molecule has 0 aliphatic carbocycles. The van der Waals surface area contributed by atoms with Crippen molar-refractivity contribution < 1.29 is 24.5 Å². The Kier molecular flexibility index (Phi) is 10.7. The van der Waals surface area contributed by atoms with Crippen LogP contribution in [-0.2, 0) is 4.74 Å². The summed E-state index contributed by atoms with van der Waals surface area (Å²) in [6, 6.07) is 23.6. The molecule has 1 aromatic heterocycles. The second-order valence-corrected chi connectivity index (χ2v) is 12.6. The van der Waals surface area contributed by atoms with E-state index in [0.717, 1.165) is 75.2 Å². The van der Waals surface area contributed by atoms with Crippen LogP contribution in [0.3, 0.4) is 0 Å². The van der Waals surface area contributed by atoms with Crippen LogP contribution >= 0.6 is 0 Å². The van der Waals surface area contributed by atoms with Gasteiger partial charge in [0.15, 0.2) is 0 Å². The van der Waals surface area contributed by atoms with Gasteiger partial charge in [-0.15, -0.1) is 0 Å². The third-order valence-electron chi connectivity index (χ3n) is 9.31. The fraction of sp³-hybridized carbons (Fsp3) is 0.405. The van der Waals surface area contributed by atoms with Gasteiger partial charge in [-0.05, 0) is 98.6 Å². The number of benzene rings is 3. The Bertz CT molecular complexity index is 1690. The third-order valence-corrected chi connectivity index (χ3v) is 9.31. The van der Waals surface area contributed by atoms with Crippen LogP contribution in [0.5, 0.6) is 11.5 Å². The number of rotatable bonds is 14. The maximum absolute atomic E-state index is 13.1. The lowest BCUT2D eigenvalue weighted by atomic mass is 9.86. The lowest BCUT2D eigenvalue weighted by Crippen LogP contribution is -2.52. The van der Waals surface area contributed by atoms with Crippen LogP contribution in [-0.4, -0.2) is 71.6 Å². The monoisotopic (exact) mass is 640 g/mol. The fourth-order valence-electron chi connectivity index (χ4n) is 6.74. The molecule has 4 aromatic rings. The number of hydrogen-bond acceptors (Lipinski definition) is 8. The Hall–Kier alpha value is -4.38. The third kappa shape index (κ3) is 8.32. The number of ether oxygens (including phenoxy) is 2. The molecule has 3 saturated heterocycles. The molecule has 3 aromatic carbocycles. The van der Waals surface area contributed by atoms with Crippen molar-refractivity contribution in [2.45, 2.75) is 50.4 Å². The van der Waals surface area contributed by atoms with E-state index in [4.69, 9.17) is 9.47 Å². The predicted molar refractivity (Wildman–Crippen MR) is 181 cm³/mol. The van der Waals surface area contributed by atoms with Crippen molar-refractivity contribution in [3.05, 3.63) is 106 Å². The van der Waals surface area contributed by atoms with E-state index in [9.17, 15) is 19.8 Å².